The van der Waals surface area contributed by atoms with Crippen LogP contribution in [0.3, 0.4) is 0 Å². The molecule has 2 N–H and O–H groups in total. The number of hydrogen-bond donors (Lipinski definition) is 2. The molecule has 1 fully saturated rings. The molecule has 0 bridgehead atoms. The van der Waals surface area contributed by atoms with Gasteiger partial charge in [0.25, 0.3) is 5.91 Å². The van der Waals surface area contributed by atoms with Gasteiger partial charge in [0.05, 0.1) is 17.8 Å². The van der Waals surface area contributed by atoms with Gasteiger partial charge in [0.15, 0.2) is 0 Å². The maximum Gasteiger partial charge on any atom is 0.256 e. The number of aromatic nitrogens is 1. The van der Waals surface area contributed by atoms with Crippen LogP contribution in [0, 0.1) is 17.2 Å². The van der Waals surface area contributed by atoms with Gasteiger partial charge >= 0.3 is 0 Å². The second-order valence-corrected chi connectivity index (χ2v) is 3.81. The summed E-state index contributed by atoms with van der Waals surface area (Å²) in [7, 11) is 0. The van der Waals surface area contributed by atoms with E-state index in [0.717, 1.165) is 12.8 Å². The van der Waals surface area contributed by atoms with E-state index in [4.69, 9.17) is 5.26 Å². The van der Waals surface area contributed by atoms with Gasteiger partial charge in [-0.15, -0.1) is 0 Å². The minimum atomic E-state index is -0.458. The molecule has 1 aromatic heterocycles. The number of carbonyl (C=O) groups is 1. The lowest BCUT2D eigenvalue weighted by molar-refractivity contribution is 0.0939. The van der Waals surface area contributed by atoms with Crippen LogP contribution in [0.2, 0.25) is 0 Å². The first kappa shape index (κ1) is 10.4. The SMILES string of the molecule is N#CC(NC(=O)c1ccncc1O)C1CC1. The first-order valence-corrected chi connectivity index (χ1v) is 5.06. The number of pyridine rings is 1. The van der Waals surface area contributed by atoms with Crippen molar-refractivity contribution in [3.8, 4) is 11.8 Å². The Hall–Kier alpha value is -2.09. The van der Waals surface area contributed by atoms with E-state index in [0.29, 0.717) is 0 Å². The zero-order valence-corrected chi connectivity index (χ0v) is 8.55. The molecule has 0 spiro atoms. The Morgan fingerprint density at radius 1 is 1.69 bits per heavy atom. The number of amides is 1. The van der Waals surface area contributed by atoms with Gasteiger partial charge in [-0.2, -0.15) is 5.26 Å². The third kappa shape index (κ3) is 2.11. The highest BCUT2D eigenvalue weighted by atomic mass is 16.3. The molecule has 0 aromatic carbocycles. The summed E-state index contributed by atoms with van der Waals surface area (Å²) in [6, 6.07) is 3.02. The molecule has 16 heavy (non-hydrogen) atoms. The summed E-state index contributed by atoms with van der Waals surface area (Å²) in [5.41, 5.74) is 0.149. The summed E-state index contributed by atoms with van der Waals surface area (Å²) >= 11 is 0. The summed E-state index contributed by atoms with van der Waals surface area (Å²) in [4.78, 5) is 15.4. The molecule has 1 aromatic rings. The second-order valence-electron chi connectivity index (χ2n) is 3.81. The molecule has 1 unspecified atom stereocenters. The monoisotopic (exact) mass is 217 g/mol. The highest BCUT2D eigenvalue weighted by Gasteiger charge is 2.32. The first-order chi connectivity index (χ1) is 7.72. The Labute approximate surface area is 92.7 Å². The van der Waals surface area contributed by atoms with E-state index >= 15 is 0 Å². The summed E-state index contributed by atoms with van der Waals surface area (Å²) in [5, 5.41) is 20.9. The summed E-state index contributed by atoms with van der Waals surface area (Å²) in [5.74, 6) is -0.344. The predicted molar refractivity (Wildman–Crippen MR) is 55.5 cm³/mol. The zero-order chi connectivity index (χ0) is 11.5. The zero-order valence-electron chi connectivity index (χ0n) is 8.55. The van der Waals surface area contributed by atoms with Crippen LogP contribution in [0.1, 0.15) is 23.2 Å². The highest BCUT2D eigenvalue weighted by molar-refractivity contribution is 5.96. The first-order valence-electron chi connectivity index (χ1n) is 5.06. The quantitative estimate of drug-likeness (QED) is 0.784. The van der Waals surface area contributed by atoms with Gasteiger partial charge in [-0.25, -0.2) is 0 Å². The fourth-order valence-electron chi connectivity index (χ4n) is 1.48. The largest absolute Gasteiger partial charge is 0.505 e. The third-order valence-electron chi connectivity index (χ3n) is 2.56. The van der Waals surface area contributed by atoms with Gasteiger partial charge in [0.1, 0.15) is 11.8 Å². The molecular weight excluding hydrogens is 206 g/mol. The number of hydrogen-bond acceptors (Lipinski definition) is 4. The molecule has 1 atom stereocenters. The lowest BCUT2D eigenvalue weighted by Gasteiger charge is -2.10. The van der Waals surface area contributed by atoms with Crippen molar-refractivity contribution in [1.29, 1.82) is 5.26 Å². The smallest absolute Gasteiger partial charge is 0.256 e. The molecule has 2 rings (SSSR count). The van der Waals surface area contributed by atoms with Crippen molar-refractivity contribution in [3.63, 3.8) is 0 Å². The van der Waals surface area contributed by atoms with Crippen LogP contribution in [0.25, 0.3) is 0 Å². The minimum Gasteiger partial charge on any atom is -0.505 e. The van der Waals surface area contributed by atoms with Gasteiger partial charge in [0, 0.05) is 6.20 Å². The molecule has 0 radical (unpaired) electrons. The molecular formula is C11H11N3O2. The van der Waals surface area contributed by atoms with Gasteiger partial charge < -0.3 is 10.4 Å². The van der Waals surface area contributed by atoms with E-state index in [1.165, 1.54) is 18.5 Å². The summed E-state index contributed by atoms with van der Waals surface area (Å²) in [6.07, 6.45) is 4.57. The van der Waals surface area contributed by atoms with E-state index < -0.39 is 11.9 Å². The number of rotatable bonds is 3. The van der Waals surface area contributed by atoms with E-state index in [1.807, 2.05) is 0 Å². The van der Waals surface area contributed by atoms with Crippen LogP contribution in [-0.2, 0) is 0 Å². The van der Waals surface area contributed by atoms with E-state index in [9.17, 15) is 9.90 Å². The van der Waals surface area contributed by atoms with Gasteiger partial charge in [-0.1, -0.05) is 0 Å². The van der Waals surface area contributed by atoms with Crippen LogP contribution in [0.5, 0.6) is 5.75 Å². The van der Waals surface area contributed by atoms with Crippen LogP contribution in [-0.4, -0.2) is 22.0 Å². The van der Waals surface area contributed by atoms with E-state index in [2.05, 4.69) is 16.4 Å². The third-order valence-corrected chi connectivity index (χ3v) is 2.56. The normalized spacial score (nSPS) is 16.2. The van der Waals surface area contributed by atoms with Crippen LogP contribution in [0.4, 0.5) is 0 Å². The van der Waals surface area contributed by atoms with Gasteiger partial charge in [-0.3, -0.25) is 9.78 Å². The van der Waals surface area contributed by atoms with Crippen molar-refractivity contribution in [3.05, 3.63) is 24.0 Å². The highest BCUT2D eigenvalue weighted by Crippen LogP contribution is 2.32. The van der Waals surface area contributed by atoms with Crippen molar-refractivity contribution in [2.75, 3.05) is 0 Å². The number of carbonyl (C=O) groups excluding carboxylic acids is 1. The Bertz CT molecular complexity index is 449. The molecule has 1 aliphatic rings. The van der Waals surface area contributed by atoms with Crippen LogP contribution < -0.4 is 5.32 Å². The Morgan fingerprint density at radius 3 is 3.00 bits per heavy atom. The average molecular weight is 217 g/mol. The van der Waals surface area contributed by atoms with E-state index in [1.54, 1.807) is 0 Å². The molecule has 1 aliphatic carbocycles. The lowest BCUT2D eigenvalue weighted by Crippen LogP contribution is -2.35. The molecule has 5 nitrogen and oxygen atoms in total. The Balaban J connectivity index is 2.08. The van der Waals surface area contributed by atoms with E-state index in [-0.39, 0.29) is 17.2 Å². The van der Waals surface area contributed by atoms with Crippen LogP contribution in [0.15, 0.2) is 18.5 Å². The fraction of sp³-hybridized carbons (Fsp3) is 0.364. The number of nitriles is 1. The lowest BCUT2D eigenvalue weighted by atomic mass is 10.1. The van der Waals surface area contributed by atoms with Crippen molar-refractivity contribution in [2.24, 2.45) is 5.92 Å². The van der Waals surface area contributed by atoms with Crippen molar-refractivity contribution in [2.45, 2.75) is 18.9 Å². The Morgan fingerprint density at radius 2 is 2.44 bits per heavy atom. The van der Waals surface area contributed by atoms with Gasteiger partial charge in [0.2, 0.25) is 0 Å². The van der Waals surface area contributed by atoms with Crippen molar-refractivity contribution < 1.29 is 9.90 Å². The molecule has 1 saturated carbocycles. The minimum absolute atomic E-state index is 0.149. The average Bonchev–Trinajstić information content (AvgIpc) is 3.10. The molecule has 1 heterocycles. The molecule has 1 amide bonds. The summed E-state index contributed by atoms with van der Waals surface area (Å²) < 4.78 is 0. The predicted octanol–water partition coefficient (Wildman–Crippen LogP) is 0.819. The Kier molecular flexibility index (Phi) is 2.73. The van der Waals surface area contributed by atoms with Gasteiger partial charge in [-0.05, 0) is 24.8 Å². The maximum absolute atomic E-state index is 11.7. The number of nitrogens with zero attached hydrogens (tertiary/aromatic N) is 2. The fourth-order valence-corrected chi connectivity index (χ4v) is 1.48. The topological polar surface area (TPSA) is 86.0 Å². The number of aromatic hydroxyl groups is 1. The molecule has 5 heteroatoms. The maximum atomic E-state index is 11.7. The standard InChI is InChI=1S/C11H11N3O2/c12-5-9(7-1-2-7)14-11(16)8-3-4-13-6-10(8)15/h3-4,6-7,9,15H,1-2H2,(H,14,16). The molecule has 0 saturated heterocycles. The summed E-state index contributed by atoms with van der Waals surface area (Å²) in [6.45, 7) is 0. The van der Waals surface area contributed by atoms with Crippen LogP contribution >= 0.6 is 0 Å². The molecule has 82 valence electrons. The number of nitrogens with one attached hydrogen (secondary N) is 1. The second kappa shape index (κ2) is 4.19. The molecule has 0 aliphatic heterocycles. The van der Waals surface area contributed by atoms with Crippen molar-refractivity contribution in [1.82, 2.24) is 10.3 Å². The van der Waals surface area contributed by atoms with Crippen molar-refractivity contribution >= 4 is 5.91 Å².